The van der Waals surface area contributed by atoms with Gasteiger partial charge in [-0.15, -0.1) is 32.9 Å². The number of nitrogens with one attached hydrogen (secondary N) is 3. The van der Waals surface area contributed by atoms with Gasteiger partial charge in [0.05, 0.1) is 40.9 Å². The molecule has 0 bridgehead atoms. The number of aliphatic hydroxyl groups is 1. The van der Waals surface area contributed by atoms with Gasteiger partial charge in [-0.1, -0.05) is 68.8 Å². The second kappa shape index (κ2) is 24.5. The molecule has 4 atom stereocenters. The molecular weight excluding hydrogens is 1010 g/mol. The molecule has 17 nitrogen and oxygen atoms in total. The molecule has 0 saturated carbocycles. The van der Waals surface area contributed by atoms with Crippen molar-refractivity contribution in [1.82, 2.24) is 35.3 Å². The van der Waals surface area contributed by atoms with Crippen LogP contribution in [0.4, 0.5) is 5.69 Å². The predicted molar refractivity (Wildman–Crippen MR) is 291 cm³/mol. The summed E-state index contributed by atoms with van der Waals surface area (Å²) < 4.78 is 19.3. The van der Waals surface area contributed by atoms with Crippen LogP contribution in [0.5, 0.6) is 5.75 Å². The number of anilines is 1. The van der Waals surface area contributed by atoms with Crippen LogP contribution in [0.15, 0.2) is 83.3 Å². The lowest BCUT2D eigenvalue weighted by Crippen LogP contribution is -2.58. The smallest absolute Gasteiger partial charge is 0.246 e. The van der Waals surface area contributed by atoms with E-state index in [9.17, 15) is 24.3 Å². The summed E-state index contributed by atoms with van der Waals surface area (Å²) in [5, 5.41) is 29.8. The highest BCUT2D eigenvalue weighted by Gasteiger charge is 2.44. The normalized spacial score (nSPS) is 16.6. The van der Waals surface area contributed by atoms with Gasteiger partial charge in [-0.05, 0) is 92.6 Å². The number of likely N-dealkylation sites (tertiary alicyclic amines) is 1. The van der Waals surface area contributed by atoms with E-state index >= 15 is 0 Å². The van der Waals surface area contributed by atoms with Crippen molar-refractivity contribution in [1.29, 1.82) is 0 Å². The third-order valence-corrected chi connectivity index (χ3v) is 15.5. The zero-order valence-electron chi connectivity index (χ0n) is 43.3. The predicted octanol–water partition coefficient (Wildman–Crippen LogP) is 8.26. The van der Waals surface area contributed by atoms with Gasteiger partial charge in [0.15, 0.2) is 5.82 Å². The highest BCUT2D eigenvalue weighted by Crippen LogP contribution is 2.40. The molecule has 2 unspecified atom stereocenters. The van der Waals surface area contributed by atoms with Crippen molar-refractivity contribution >= 4 is 69.3 Å². The van der Waals surface area contributed by atoms with Gasteiger partial charge in [0.2, 0.25) is 23.6 Å². The Bertz CT molecular complexity index is 3000. The van der Waals surface area contributed by atoms with Gasteiger partial charge in [0, 0.05) is 72.5 Å². The molecule has 3 aromatic carbocycles. The number of aliphatic imine (C=N–C) groups is 1. The summed E-state index contributed by atoms with van der Waals surface area (Å²) >= 11 is 9.48. The number of hydrogen-bond donors (Lipinski definition) is 4. The second-order valence-corrected chi connectivity index (χ2v) is 22.3. The molecule has 1 fully saturated rings. The van der Waals surface area contributed by atoms with E-state index in [1.807, 2.05) is 93.2 Å². The van der Waals surface area contributed by atoms with Crippen molar-refractivity contribution < 1.29 is 38.5 Å². The number of nitrogens with zero attached hydrogens (tertiary/aromatic N) is 6. The van der Waals surface area contributed by atoms with Gasteiger partial charge in [-0.3, -0.25) is 28.7 Å². The molecule has 396 valence electrons. The third-order valence-electron chi connectivity index (χ3n) is 13.1. The summed E-state index contributed by atoms with van der Waals surface area (Å²) in [6.07, 6.45) is 0.453. The minimum Gasteiger partial charge on any atom is -0.494 e. The van der Waals surface area contributed by atoms with E-state index in [-0.39, 0.29) is 51.0 Å². The van der Waals surface area contributed by atoms with E-state index < -0.39 is 41.5 Å². The molecule has 0 aliphatic carbocycles. The minimum atomic E-state index is -0.963. The molecule has 4 N–H and O–H groups in total. The van der Waals surface area contributed by atoms with Crippen LogP contribution in [0, 0.1) is 33.1 Å². The van der Waals surface area contributed by atoms with Gasteiger partial charge in [-0.2, -0.15) is 0 Å². The SMILES string of the molecule is Cc1ncsc1-c1ccc(CNC(=O)[C@@H]2C[C@@H](O)CN2C(=O)C(NC(=O)COCCCOCCCOc2ccc(NC(=O)CC3N=C(c4ccc(Cl)cc4)c4c(sc(C)c4C)-n4c(C)nnc43)cc2)C(C)(C)C)cc1. The number of thiazole rings is 1. The van der Waals surface area contributed by atoms with Crippen LogP contribution < -0.4 is 20.7 Å². The van der Waals surface area contributed by atoms with Crippen molar-refractivity contribution in [2.45, 2.75) is 105 Å². The van der Waals surface area contributed by atoms with Crippen LogP contribution in [-0.4, -0.2) is 117 Å². The first kappa shape index (κ1) is 54.9. The number of aryl methyl sites for hydroxylation is 3. The molecule has 6 aromatic rings. The standard InChI is InChI=1S/C55H64ClN9O8S2/c1-32-34(3)75-54-47(32)48(37-14-16-39(56)17-15-37)60-43(51-63-62-35(4)65(51)54)27-45(67)59-40-18-20-42(21-19-40)73-25-9-23-71-22-8-24-72-30-46(68)61-50(55(5,6)7)53(70)64-29-41(66)26-44(64)52(69)57-28-36-10-12-38(13-11-36)49-33(2)58-31-74-49/h10-21,31,41,43-44,50,66H,8-9,22-30H2,1-7H3,(H,57,69)(H,59,67)(H,61,68)/t41-,43?,44+,50?/m1/s1. The van der Waals surface area contributed by atoms with E-state index in [4.69, 9.17) is 30.8 Å². The quantitative estimate of drug-likeness (QED) is 0.0504. The molecule has 20 heteroatoms. The number of hydrogen-bond acceptors (Lipinski definition) is 14. The van der Waals surface area contributed by atoms with E-state index in [1.165, 1.54) is 9.78 Å². The molecule has 3 aromatic heterocycles. The Morgan fingerprint density at radius 2 is 1.56 bits per heavy atom. The number of aliphatic hydroxyl groups excluding tert-OH is 1. The first-order valence-corrected chi connectivity index (χ1v) is 27.1. The van der Waals surface area contributed by atoms with Crippen LogP contribution >= 0.6 is 34.3 Å². The molecule has 1 saturated heterocycles. The van der Waals surface area contributed by atoms with Crippen LogP contribution in [0.25, 0.3) is 15.4 Å². The average Bonchev–Trinajstić information content (AvgIpc) is 4.16. The van der Waals surface area contributed by atoms with Gasteiger partial charge in [-0.25, -0.2) is 4.98 Å². The molecule has 0 radical (unpaired) electrons. The number of β-amino-alcohol motifs (C(OH)–C–C–N with tert-alkyl or cyclic N) is 1. The second-order valence-electron chi connectivity index (χ2n) is 19.8. The number of aromatic nitrogens is 4. The van der Waals surface area contributed by atoms with Crippen LogP contribution in [0.2, 0.25) is 5.02 Å². The van der Waals surface area contributed by atoms with E-state index in [0.29, 0.717) is 54.9 Å². The fraction of sp³-hybridized carbons (Fsp3) is 0.418. The highest BCUT2D eigenvalue weighted by atomic mass is 35.5. The van der Waals surface area contributed by atoms with E-state index in [0.717, 1.165) is 54.9 Å². The van der Waals surface area contributed by atoms with Crippen LogP contribution in [-0.2, 0) is 35.2 Å². The summed E-state index contributed by atoms with van der Waals surface area (Å²) in [6, 6.07) is 20.2. The summed E-state index contributed by atoms with van der Waals surface area (Å²) in [7, 11) is 0. The number of carbonyl (C=O) groups excluding carboxylic acids is 4. The van der Waals surface area contributed by atoms with Crippen molar-refractivity contribution in [3.8, 4) is 21.2 Å². The largest absolute Gasteiger partial charge is 0.494 e. The van der Waals surface area contributed by atoms with E-state index in [2.05, 4.69) is 45.0 Å². The highest BCUT2D eigenvalue weighted by molar-refractivity contribution is 7.15. The van der Waals surface area contributed by atoms with Gasteiger partial charge >= 0.3 is 0 Å². The lowest BCUT2D eigenvalue weighted by Gasteiger charge is -2.35. The third kappa shape index (κ3) is 13.6. The van der Waals surface area contributed by atoms with Crippen molar-refractivity contribution in [2.24, 2.45) is 10.4 Å². The number of rotatable bonds is 21. The molecule has 75 heavy (non-hydrogen) atoms. The summed E-state index contributed by atoms with van der Waals surface area (Å²) in [5.41, 5.74) is 8.43. The molecule has 5 heterocycles. The van der Waals surface area contributed by atoms with Gasteiger partial charge in [0.25, 0.3) is 0 Å². The van der Waals surface area contributed by atoms with Crippen molar-refractivity contribution in [3.63, 3.8) is 0 Å². The topological polar surface area (TPSA) is 211 Å². The van der Waals surface area contributed by atoms with Crippen molar-refractivity contribution in [3.05, 3.63) is 128 Å². The zero-order chi connectivity index (χ0) is 53.4. The van der Waals surface area contributed by atoms with Crippen LogP contribution in [0.3, 0.4) is 0 Å². The molecule has 4 amide bonds. The Balaban J connectivity index is 0.723. The number of ether oxygens (including phenoxy) is 3. The monoisotopic (exact) mass is 1080 g/mol. The van der Waals surface area contributed by atoms with Crippen LogP contribution in [0.1, 0.15) is 97.0 Å². The maximum atomic E-state index is 14.0. The average molecular weight is 1080 g/mol. The number of halogens is 1. The molecule has 8 rings (SSSR count). The first-order chi connectivity index (χ1) is 35.9. The number of fused-ring (bicyclic) bond motifs is 3. The Morgan fingerprint density at radius 1 is 0.867 bits per heavy atom. The molecule has 2 aliphatic rings. The van der Waals surface area contributed by atoms with E-state index in [1.54, 1.807) is 46.9 Å². The summed E-state index contributed by atoms with van der Waals surface area (Å²) in [4.78, 5) is 67.2. The lowest BCUT2D eigenvalue weighted by molar-refractivity contribution is -0.144. The van der Waals surface area contributed by atoms with Gasteiger partial charge < -0.3 is 40.2 Å². The Hall–Kier alpha value is -6.35. The minimum absolute atomic E-state index is 0.0177. The number of thiophene rings is 1. The summed E-state index contributed by atoms with van der Waals surface area (Å²) in [5.74, 6) is 0.474. The number of carbonyl (C=O) groups is 4. The number of amides is 4. The van der Waals surface area contributed by atoms with Gasteiger partial charge in [0.1, 0.15) is 41.3 Å². The fourth-order valence-corrected chi connectivity index (χ4v) is 11.2. The fourth-order valence-electron chi connectivity index (χ4n) is 9.02. The Kier molecular flexibility index (Phi) is 18.0. The Labute approximate surface area is 450 Å². The first-order valence-electron chi connectivity index (χ1n) is 25.0. The molecular formula is C55H64ClN9O8S2. The maximum absolute atomic E-state index is 14.0. The Morgan fingerprint density at radius 3 is 2.25 bits per heavy atom. The lowest BCUT2D eigenvalue weighted by atomic mass is 9.85. The molecule has 0 spiro atoms. The maximum Gasteiger partial charge on any atom is 0.246 e. The number of benzene rings is 3. The van der Waals surface area contributed by atoms with Crippen molar-refractivity contribution in [2.75, 3.05) is 44.9 Å². The summed E-state index contributed by atoms with van der Waals surface area (Å²) in [6.45, 7) is 15.1. The zero-order valence-corrected chi connectivity index (χ0v) is 45.7. The molecule has 2 aliphatic heterocycles.